The Bertz CT molecular complexity index is 1250. The molecule has 0 fully saturated rings. The van der Waals surface area contributed by atoms with Crippen LogP contribution in [0.2, 0.25) is 0 Å². The van der Waals surface area contributed by atoms with Crippen LogP contribution in [0.4, 0.5) is 0 Å². The highest BCUT2D eigenvalue weighted by Gasteiger charge is 2.19. The fourth-order valence-corrected chi connectivity index (χ4v) is 3.67. The Morgan fingerprint density at radius 3 is 2.52 bits per heavy atom. The van der Waals surface area contributed by atoms with E-state index in [0.717, 1.165) is 11.3 Å². The Hall–Kier alpha value is -2.80. The minimum Gasteiger partial charge on any atom is -0.313 e. The molecule has 0 saturated heterocycles. The summed E-state index contributed by atoms with van der Waals surface area (Å²) in [7, 11) is 1.65. The van der Waals surface area contributed by atoms with Crippen molar-refractivity contribution < 1.29 is 0 Å². The Balaban J connectivity index is 1.90. The van der Waals surface area contributed by atoms with Gasteiger partial charge in [0.2, 0.25) is 5.78 Å². The topological polar surface area (TPSA) is 66.2 Å². The normalized spacial score (nSPS) is 11.7. The number of aryl methyl sites for hydroxylation is 4. The number of benzene rings is 1. The lowest BCUT2D eigenvalue weighted by Crippen LogP contribution is -2.39. The molecule has 0 aliphatic rings. The molecule has 27 heavy (non-hydrogen) atoms. The van der Waals surface area contributed by atoms with Crippen LogP contribution in [0.5, 0.6) is 0 Å². The quantitative estimate of drug-likeness (QED) is 0.493. The molecule has 0 unspecified atom stereocenters. The molecule has 0 radical (unpaired) electrons. The van der Waals surface area contributed by atoms with Crippen LogP contribution in [0.1, 0.15) is 11.3 Å². The standard InChI is InChI=1S/C19H20ClN5O2/c1-13-12-25-15-16(21-18(25)23(13)11-9-20)22(2)19(27)24(17(15)26)10-8-14-6-4-3-5-7-14/h3-7,12H,8-11H2,1-2H3. The monoisotopic (exact) mass is 385 g/mol. The van der Waals surface area contributed by atoms with Crippen LogP contribution in [-0.2, 0) is 26.6 Å². The van der Waals surface area contributed by atoms with Crippen molar-refractivity contribution in [3.63, 3.8) is 0 Å². The summed E-state index contributed by atoms with van der Waals surface area (Å²) in [4.78, 5) is 30.4. The van der Waals surface area contributed by atoms with E-state index in [2.05, 4.69) is 4.98 Å². The van der Waals surface area contributed by atoms with Gasteiger partial charge in [0.05, 0.1) is 0 Å². The van der Waals surface area contributed by atoms with Gasteiger partial charge in [0.15, 0.2) is 11.2 Å². The second-order valence-electron chi connectivity index (χ2n) is 6.60. The maximum absolute atomic E-state index is 13.1. The zero-order valence-electron chi connectivity index (χ0n) is 15.2. The average molecular weight is 386 g/mol. The average Bonchev–Trinajstić information content (AvgIpc) is 3.17. The second-order valence-corrected chi connectivity index (χ2v) is 6.98. The molecule has 8 heteroatoms. The molecule has 0 atom stereocenters. The molecule has 4 rings (SSSR count). The summed E-state index contributed by atoms with van der Waals surface area (Å²) >= 11 is 5.90. The lowest BCUT2D eigenvalue weighted by Gasteiger charge is -2.08. The number of fused-ring (bicyclic) bond motifs is 3. The van der Waals surface area contributed by atoms with Gasteiger partial charge in [-0.3, -0.25) is 18.3 Å². The maximum atomic E-state index is 13.1. The van der Waals surface area contributed by atoms with E-state index in [4.69, 9.17) is 11.6 Å². The van der Waals surface area contributed by atoms with Crippen LogP contribution in [-0.4, -0.2) is 29.0 Å². The second kappa shape index (κ2) is 6.74. The summed E-state index contributed by atoms with van der Waals surface area (Å²) in [6.07, 6.45) is 2.47. The summed E-state index contributed by atoms with van der Waals surface area (Å²) in [5.74, 6) is 1.06. The van der Waals surface area contributed by atoms with Crippen LogP contribution in [0.3, 0.4) is 0 Å². The number of nitrogens with zero attached hydrogens (tertiary/aromatic N) is 5. The molecule has 0 N–H and O–H groups in total. The van der Waals surface area contributed by atoms with Crippen molar-refractivity contribution in [3.8, 4) is 0 Å². The molecular weight excluding hydrogens is 366 g/mol. The van der Waals surface area contributed by atoms with Crippen molar-refractivity contribution >= 4 is 28.5 Å². The molecule has 0 aliphatic carbocycles. The first kappa shape index (κ1) is 17.6. The number of imidazole rings is 2. The molecular formula is C19H20ClN5O2. The number of aromatic nitrogens is 5. The van der Waals surface area contributed by atoms with E-state index in [0.29, 0.717) is 42.3 Å². The third kappa shape index (κ3) is 2.78. The lowest BCUT2D eigenvalue weighted by molar-refractivity contribution is 0.602. The molecule has 0 spiro atoms. The van der Waals surface area contributed by atoms with E-state index in [1.54, 1.807) is 11.4 Å². The highest BCUT2D eigenvalue weighted by atomic mass is 35.5. The van der Waals surface area contributed by atoms with E-state index in [1.807, 2.05) is 48.0 Å². The predicted octanol–water partition coefficient (Wildman–Crippen LogP) is 1.94. The molecule has 1 aromatic carbocycles. The zero-order valence-corrected chi connectivity index (χ0v) is 16.0. The van der Waals surface area contributed by atoms with Crippen molar-refractivity contribution in [2.75, 3.05) is 5.88 Å². The molecule has 0 bridgehead atoms. The van der Waals surface area contributed by atoms with Crippen molar-refractivity contribution in [2.45, 2.75) is 26.4 Å². The van der Waals surface area contributed by atoms with E-state index in [1.165, 1.54) is 9.13 Å². The van der Waals surface area contributed by atoms with Gasteiger partial charge in [-0.05, 0) is 18.9 Å². The fraction of sp³-hybridized carbons (Fsp3) is 0.316. The van der Waals surface area contributed by atoms with Crippen molar-refractivity contribution in [2.24, 2.45) is 7.05 Å². The van der Waals surface area contributed by atoms with Crippen molar-refractivity contribution in [1.29, 1.82) is 0 Å². The predicted molar refractivity (Wildman–Crippen MR) is 106 cm³/mol. The van der Waals surface area contributed by atoms with Crippen LogP contribution in [0.15, 0.2) is 46.1 Å². The number of hydrogen-bond acceptors (Lipinski definition) is 3. The van der Waals surface area contributed by atoms with Gasteiger partial charge in [0.25, 0.3) is 5.56 Å². The van der Waals surface area contributed by atoms with Gasteiger partial charge >= 0.3 is 5.69 Å². The summed E-state index contributed by atoms with van der Waals surface area (Å²) in [5.41, 5.74) is 2.17. The van der Waals surface area contributed by atoms with E-state index in [-0.39, 0.29) is 11.2 Å². The Kier molecular flexibility index (Phi) is 4.39. The Labute approximate surface area is 160 Å². The first-order chi connectivity index (χ1) is 13.0. The van der Waals surface area contributed by atoms with Gasteiger partial charge in [0.1, 0.15) is 0 Å². The largest absolute Gasteiger partial charge is 0.332 e. The van der Waals surface area contributed by atoms with E-state index < -0.39 is 0 Å². The van der Waals surface area contributed by atoms with Gasteiger partial charge in [-0.2, -0.15) is 4.98 Å². The molecule has 3 aromatic heterocycles. The maximum Gasteiger partial charge on any atom is 0.332 e. The SMILES string of the molecule is Cc1cn2c3c(=O)n(CCc4ccccc4)c(=O)n(C)c3nc2n1CCCl. The molecule has 140 valence electrons. The van der Waals surface area contributed by atoms with Gasteiger partial charge in [-0.1, -0.05) is 30.3 Å². The molecule has 7 nitrogen and oxygen atoms in total. The minimum absolute atomic E-state index is 0.320. The van der Waals surface area contributed by atoms with Crippen LogP contribution in [0, 0.1) is 6.92 Å². The van der Waals surface area contributed by atoms with Crippen LogP contribution < -0.4 is 11.2 Å². The number of rotatable bonds is 5. The zero-order chi connectivity index (χ0) is 19.1. The number of hydrogen-bond donors (Lipinski definition) is 0. The van der Waals surface area contributed by atoms with Gasteiger partial charge in [0, 0.05) is 37.9 Å². The smallest absolute Gasteiger partial charge is 0.313 e. The highest BCUT2D eigenvalue weighted by Crippen LogP contribution is 2.16. The Morgan fingerprint density at radius 2 is 1.81 bits per heavy atom. The molecule has 3 heterocycles. The van der Waals surface area contributed by atoms with Crippen molar-refractivity contribution in [1.82, 2.24) is 23.1 Å². The molecule has 0 aliphatic heterocycles. The fourth-order valence-electron chi connectivity index (χ4n) is 3.50. The summed E-state index contributed by atoms with van der Waals surface area (Å²) in [6.45, 7) is 2.85. The van der Waals surface area contributed by atoms with E-state index >= 15 is 0 Å². The van der Waals surface area contributed by atoms with Crippen LogP contribution in [0.25, 0.3) is 16.9 Å². The molecule has 0 saturated carbocycles. The summed E-state index contributed by atoms with van der Waals surface area (Å²) in [5, 5.41) is 0. The number of alkyl halides is 1. The third-order valence-electron chi connectivity index (χ3n) is 4.92. The molecule has 4 aromatic rings. The van der Waals surface area contributed by atoms with Crippen LogP contribution >= 0.6 is 11.6 Å². The highest BCUT2D eigenvalue weighted by molar-refractivity contribution is 6.17. The van der Waals surface area contributed by atoms with Gasteiger partial charge < -0.3 is 4.57 Å². The van der Waals surface area contributed by atoms with Gasteiger partial charge in [-0.25, -0.2) is 4.79 Å². The summed E-state index contributed by atoms with van der Waals surface area (Å²) < 4.78 is 6.44. The minimum atomic E-state index is -0.357. The third-order valence-corrected chi connectivity index (χ3v) is 5.08. The summed E-state index contributed by atoms with van der Waals surface area (Å²) in [6, 6.07) is 9.81. The Morgan fingerprint density at radius 1 is 1.07 bits per heavy atom. The first-order valence-corrected chi connectivity index (χ1v) is 9.34. The number of halogens is 1. The lowest BCUT2D eigenvalue weighted by atomic mass is 10.1. The first-order valence-electron chi connectivity index (χ1n) is 8.80. The van der Waals surface area contributed by atoms with Crippen molar-refractivity contribution in [3.05, 3.63) is 68.6 Å². The van der Waals surface area contributed by atoms with E-state index in [9.17, 15) is 9.59 Å². The van der Waals surface area contributed by atoms with Gasteiger partial charge in [-0.15, -0.1) is 11.6 Å². The molecule has 0 amide bonds.